The molecule has 0 amide bonds. The van der Waals surface area contributed by atoms with Crippen LogP contribution < -0.4 is 21.1 Å². The third-order valence-electron chi connectivity index (χ3n) is 5.73. The smallest absolute Gasteiger partial charge is 0.253 e. The summed E-state index contributed by atoms with van der Waals surface area (Å²) < 4.78 is 1.59. The number of hydrogen-bond donors (Lipinski definition) is 3. The average molecular weight is 424 g/mol. The maximum absolute atomic E-state index is 12.3. The fraction of sp³-hybridized carbons (Fsp3) is 0.304. The van der Waals surface area contributed by atoms with E-state index in [-0.39, 0.29) is 11.6 Å². The number of aromatic nitrogens is 1. The zero-order valence-corrected chi connectivity index (χ0v) is 18.2. The van der Waals surface area contributed by atoms with Crippen molar-refractivity contribution in [2.24, 2.45) is 7.05 Å². The number of aryl methyl sites for hydroxylation is 2. The van der Waals surface area contributed by atoms with Crippen molar-refractivity contribution in [1.82, 2.24) is 15.2 Å². The number of nitrogens with zero attached hydrogens (tertiary/aromatic N) is 2. The molecular weight excluding hydrogens is 398 g/mol. The maximum atomic E-state index is 12.3. The molecular formula is C23H26ClN5O. The first-order chi connectivity index (χ1) is 14.3. The lowest BCUT2D eigenvalue weighted by Crippen LogP contribution is -2.55. The van der Waals surface area contributed by atoms with Gasteiger partial charge in [0.15, 0.2) is 0 Å². The van der Waals surface area contributed by atoms with Crippen molar-refractivity contribution in [3.63, 3.8) is 0 Å². The van der Waals surface area contributed by atoms with Crippen LogP contribution >= 0.6 is 11.6 Å². The van der Waals surface area contributed by atoms with Crippen LogP contribution in [-0.2, 0) is 7.05 Å². The van der Waals surface area contributed by atoms with E-state index >= 15 is 0 Å². The Morgan fingerprint density at radius 1 is 1.30 bits per heavy atom. The molecule has 2 aliphatic rings. The Hall–Kier alpha value is -2.83. The third-order valence-corrected chi connectivity index (χ3v) is 5.98. The first-order valence-corrected chi connectivity index (χ1v) is 10.3. The molecule has 2 aliphatic heterocycles. The fourth-order valence-electron chi connectivity index (χ4n) is 4.10. The highest BCUT2D eigenvalue weighted by Gasteiger charge is 2.39. The SMILES string of the molecule is C=C1C(NC2CNC2)=C(C(C)=N)C(c2ccc(Cl)cc2)N1c1cc(C)c(=O)n(C)c1. The van der Waals surface area contributed by atoms with Gasteiger partial charge in [0.1, 0.15) is 0 Å². The van der Waals surface area contributed by atoms with Crippen molar-refractivity contribution in [2.45, 2.75) is 25.9 Å². The summed E-state index contributed by atoms with van der Waals surface area (Å²) >= 11 is 6.14. The number of pyridine rings is 1. The molecule has 7 heteroatoms. The van der Waals surface area contributed by atoms with E-state index in [1.54, 1.807) is 11.6 Å². The summed E-state index contributed by atoms with van der Waals surface area (Å²) in [6, 6.07) is 9.65. The minimum absolute atomic E-state index is 0.0260. The summed E-state index contributed by atoms with van der Waals surface area (Å²) in [5.41, 5.74) is 5.56. The van der Waals surface area contributed by atoms with Crippen LogP contribution in [0.2, 0.25) is 5.02 Å². The zero-order chi connectivity index (χ0) is 21.6. The lowest BCUT2D eigenvalue weighted by atomic mass is 9.95. The fourth-order valence-corrected chi connectivity index (χ4v) is 4.23. The van der Waals surface area contributed by atoms with Crippen LogP contribution in [0.25, 0.3) is 0 Å². The molecule has 2 aromatic rings. The van der Waals surface area contributed by atoms with E-state index in [0.717, 1.165) is 41.3 Å². The van der Waals surface area contributed by atoms with Gasteiger partial charge in [-0.15, -0.1) is 0 Å². The highest BCUT2D eigenvalue weighted by molar-refractivity contribution is 6.30. The van der Waals surface area contributed by atoms with Crippen LogP contribution in [0.5, 0.6) is 0 Å². The Kier molecular flexibility index (Phi) is 5.30. The van der Waals surface area contributed by atoms with Crippen molar-refractivity contribution in [2.75, 3.05) is 18.0 Å². The molecule has 0 bridgehead atoms. The molecule has 3 heterocycles. The first kappa shape index (κ1) is 20.4. The third kappa shape index (κ3) is 3.46. The van der Waals surface area contributed by atoms with Gasteiger partial charge in [-0.05, 0) is 37.6 Å². The Balaban J connectivity index is 1.89. The van der Waals surface area contributed by atoms with Crippen molar-refractivity contribution in [1.29, 1.82) is 5.41 Å². The quantitative estimate of drug-likeness (QED) is 0.645. The summed E-state index contributed by atoms with van der Waals surface area (Å²) in [7, 11) is 1.75. The van der Waals surface area contributed by atoms with Gasteiger partial charge in [-0.2, -0.15) is 0 Å². The van der Waals surface area contributed by atoms with E-state index in [1.807, 2.05) is 50.4 Å². The van der Waals surface area contributed by atoms with E-state index in [9.17, 15) is 4.79 Å². The molecule has 4 rings (SSSR count). The number of benzene rings is 1. The number of halogens is 1. The van der Waals surface area contributed by atoms with Gasteiger partial charge in [-0.3, -0.25) is 4.79 Å². The van der Waals surface area contributed by atoms with Gasteiger partial charge in [-0.25, -0.2) is 0 Å². The standard InChI is InChI=1S/C23H26ClN5O/c1-13-9-19(12-28(4)23(13)30)29-15(3)21(27-18-10-26-11-18)20(14(2)25)22(29)16-5-7-17(24)8-6-16/h5-9,12,18,22,25-27H,3,10-11H2,1-2,4H3. The molecule has 1 fully saturated rings. The molecule has 156 valence electrons. The summed E-state index contributed by atoms with van der Waals surface area (Å²) in [4.78, 5) is 14.4. The Morgan fingerprint density at radius 2 is 1.97 bits per heavy atom. The average Bonchev–Trinajstić information content (AvgIpc) is 2.95. The molecule has 1 atom stereocenters. The summed E-state index contributed by atoms with van der Waals surface area (Å²) in [6.07, 6.45) is 1.83. The first-order valence-electron chi connectivity index (χ1n) is 9.96. The molecule has 1 aromatic heterocycles. The van der Waals surface area contributed by atoms with Crippen LogP contribution in [0.3, 0.4) is 0 Å². The van der Waals surface area contributed by atoms with Gasteiger partial charge in [0.05, 0.1) is 29.2 Å². The topological polar surface area (TPSA) is 73.2 Å². The second-order valence-corrected chi connectivity index (χ2v) is 8.42. The Labute approximate surface area is 181 Å². The lowest BCUT2D eigenvalue weighted by molar-refractivity contribution is 0.394. The van der Waals surface area contributed by atoms with Gasteiger partial charge < -0.3 is 25.5 Å². The van der Waals surface area contributed by atoms with Gasteiger partial charge in [-0.1, -0.05) is 30.3 Å². The van der Waals surface area contributed by atoms with E-state index in [1.165, 1.54) is 0 Å². The monoisotopic (exact) mass is 423 g/mol. The normalized spacial score (nSPS) is 19.3. The van der Waals surface area contributed by atoms with E-state index < -0.39 is 0 Å². The van der Waals surface area contributed by atoms with Crippen LogP contribution in [0, 0.1) is 12.3 Å². The second-order valence-electron chi connectivity index (χ2n) is 7.98. The van der Waals surface area contributed by atoms with E-state index in [4.69, 9.17) is 17.0 Å². The van der Waals surface area contributed by atoms with Gasteiger partial charge in [0, 0.05) is 48.2 Å². The van der Waals surface area contributed by atoms with E-state index in [2.05, 4.69) is 22.1 Å². The van der Waals surface area contributed by atoms with Crippen molar-refractivity contribution in [3.8, 4) is 0 Å². The van der Waals surface area contributed by atoms with Gasteiger partial charge in [0.2, 0.25) is 0 Å². The van der Waals surface area contributed by atoms with Crippen LogP contribution in [0.15, 0.2) is 64.9 Å². The van der Waals surface area contributed by atoms with Crippen molar-refractivity contribution >= 4 is 23.0 Å². The predicted molar refractivity (Wildman–Crippen MR) is 122 cm³/mol. The molecule has 6 nitrogen and oxygen atoms in total. The summed E-state index contributed by atoms with van der Waals surface area (Å²) in [5.74, 6) is 0. The zero-order valence-electron chi connectivity index (χ0n) is 17.4. The van der Waals surface area contributed by atoms with Crippen LogP contribution in [-0.4, -0.2) is 29.4 Å². The van der Waals surface area contributed by atoms with Crippen molar-refractivity contribution < 1.29 is 0 Å². The number of nitrogens with one attached hydrogen (secondary N) is 3. The van der Waals surface area contributed by atoms with Crippen molar-refractivity contribution in [3.05, 3.63) is 86.6 Å². The molecule has 3 N–H and O–H groups in total. The predicted octanol–water partition coefficient (Wildman–Crippen LogP) is 3.28. The molecule has 30 heavy (non-hydrogen) atoms. The minimum Gasteiger partial charge on any atom is -0.378 e. The molecule has 0 aliphatic carbocycles. The molecule has 1 unspecified atom stereocenters. The van der Waals surface area contributed by atoms with E-state index in [0.29, 0.717) is 22.3 Å². The summed E-state index contributed by atoms with van der Waals surface area (Å²) in [6.45, 7) is 9.77. The molecule has 1 aromatic carbocycles. The number of anilines is 1. The Morgan fingerprint density at radius 3 is 2.50 bits per heavy atom. The molecule has 0 saturated carbocycles. The maximum Gasteiger partial charge on any atom is 0.253 e. The lowest BCUT2D eigenvalue weighted by Gasteiger charge is -2.32. The largest absolute Gasteiger partial charge is 0.378 e. The highest BCUT2D eigenvalue weighted by Crippen LogP contribution is 2.45. The molecule has 0 spiro atoms. The van der Waals surface area contributed by atoms with Crippen LogP contribution in [0.1, 0.15) is 24.1 Å². The molecule has 0 radical (unpaired) electrons. The van der Waals surface area contributed by atoms with Gasteiger partial charge >= 0.3 is 0 Å². The highest BCUT2D eigenvalue weighted by atomic mass is 35.5. The van der Waals surface area contributed by atoms with Crippen LogP contribution in [0.4, 0.5) is 5.69 Å². The Bertz CT molecular complexity index is 1090. The van der Waals surface area contributed by atoms with Gasteiger partial charge in [0.25, 0.3) is 5.56 Å². The second kappa shape index (κ2) is 7.78. The summed E-state index contributed by atoms with van der Waals surface area (Å²) in [5, 5.41) is 16.1. The minimum atomic E-state index is -0.236. The number of hydrogen-bond acceptors (Lipinski definition) is 5. The number of rotatable bonds is 5. The molecule has 1 saturated heterocycles.